The fourth-order valence-electron chi connectivity index (χ4n) is 2.73. The van der Waals surface area contributed by atoms with Crippen LogP contribution in [0.1, 0.15) is 31.7 Å². The molecule has 0 unspecified atom stereocenters. The average Bonchev–Trinajstić information content (AvgIpc) is 2.49. The molecule has 2 rings (SSSR count). The van der Waals surface area contributed by atoms with Gasteiger partial charge >= 0.3 is 0 Å². The number of piperidine rings is 1. The normalized spacial score (nSPS) is 18.0. The topological polar surface area (TPSA) is 49.4 Å². The number of hydrogen-bond donors (Lipinski definition) is 1. The number of rotatable bonds is 5. The molecule has 1 aromatic rings. The minimum atomic E-state index is -3.42. The molecule has 4 nitrogen and oxygen atoms in total. The summed E-state index contributed by atoms with van der Waals surface area (Å²) >= 11 is 6.18. The lowest BCUT2D eigenvalue weighted by Crippen LogP contribution is -2.38. The van der Waals surface area contributed by atoms with Crippen LogP contribution in [0.25, 0.3) is 0 Å². The molecule has 0 aromatic heterocycles. The summed E-state index contributed by atoms with van der Waals surface area (Å²) in [6, 6.07) is 5.00. The van der Waals surface area contributed by atoms with Crippen molar-refractivity contribution in [3.8, 4) is 0 Å². The summed E-state index contributed by atoms with van der Waals surface area (Å²) < 4.78 is 26.9. The summed E-state index contributed by atoms with van der Waals surface area (Å²) in [5, 5.41) is 3.51. The third kappa shape index (κ3) is 3.77. The lowest BCUT2D eigenvalue weighted by Gasteiger charge is -2.30. The fraction of sp³-hybridized carbons (Fsp3) is 0.600. The number of nitrogens with one attached hydrogen (secondary N) is 1. The van der Waals surface area contributed by atoms with Crippen molar-refractivity contribution in [3.05, 3.63) is 28.8 Å². The highest BCUT2D eigenvalue weighted by atomic mass is 35.5. The van der Waals surface area contributed by atoms with Crippen molar-refractivity contribution in [2.75, 3.05) is 20.1 Å². The van der Waals surface area contributed by atoms with Crippen LogP contribution < -0.4 is 5.32 Å². The Morgan fingerprint density at radius 3 is 2.52 bits per heavy atom. The van der Waals surface area contributed by atoms with Crippen molar-refractivity contribution >= 4 is 21.6 Å². The van der Waals surface area contributed by atoms with E-state index in [9.17, 15) is 8.42 Å². The van der Waals surface area contributed by atoms with Crippen molar-refractivity contribution in [3.63, 3.8) is 0 Å². The molecule has 0 bridgehead atoms. The maximum Gasteiger partial charge on any atom is 0.243 e. The quantitative estimate of drug-likeness (QED) is 0.903. The molecular weight excluding hydrogens is 308 g/mol. The van der Waals surface area contributed by atoms with Crippen LogP contribution in [0.2, 0.25) is 5.02 Å². The smallest absolute Gasteiger partial charge is 0.243 e. The molecule has 1 N–H and O–H groups in total. The fourth-order valence-corrected chi connectivity index (χ4v) is 4.54. The highest BCUT2D eigenvalue weighted by Gasteiger charge is 2.29. The summed E-state index contributed by atoms with van der Waals surface area (Å²) in [6.45, 7) is 4.00. The Labute approximate surface area is 132 Å². The zero-order valence-corrected chi connectivity index (χ0v) is 14.2. The number of hydrogen-bond acceptors (Lipinski definition) is 3. The summed E-state index contributed by atoms with van der Waals surface area (Å²) in [7, 11) is -1.59. The Morgan fingerprint density at radius 1 is 1.33 bits per heavy atom. The largest absolute Gasteiger partial charge is 0.316 e. The van der Waals surface area contributed by atoms with Crippen molar-refractivity contribution in [2.45, 2.75) is 37.6 Å². The molecule has 1 aliphatic heterocycles. The Morgan fingerprint density at radius 2 is 2.00 bits per heavy atom. The number of nitrogens with zero attached hydrogens (tertiary/aromatic N) is 1. The van der Waals surface area contributed by atoms with Gasteiger partial charge in [-0.2, -0.15) is 4.31 Å². The first kappa shape index (κ1) is 16.7. The van der Waals surface area contributed by atoms with E-state index in [1.54, 1.807) is 22.5 Å². The molecule has 0 atom stereocenters. The van der Waals surface area contributed by atoms with Gasteiger partial charge in [-0.15, -0.1) is 0 Å². The summed E-state index contributed by atoms with van der Waals surface area (Å²) in [6.07, 6.45) is 3.01. The molecule has 1 heterocycles. The van der Waals surface area contributed by atoms with Gasteiger partial charge < -0.3 is 5.32 Å². The van der Waals surface area contributed by atoms with Gasteiger partial charge in [0, 0.05) is 24.7 Å². The van der Waals surface area contributed by atoms with Crippen LogP contribution in [-0.2, 0) is 16.6 Å². The maximum atomic E-state index is 12.7. The molecule has 1 fully saturated rings. The molecule has 0 amide bonds. The first-order valence-corrected chi connectivity index (χ1v) is 9.24. The molecule has 6 heteroatoms. The van der Waals surface area contributed by atoms with Crippen molar-refractivity contribution in [1.29, 1.82) is 0 Å². The molecule has 1 saturated heterocycles. The molecule has 1 aliphatic rings. The van der Waals surface area contributed by atoms with E-state index in [1.165, 1.54) is 0 Å². The first-order valence-electron chi connectivity index (χ1n) is 7.42. The van der Waals surface area contributed by atoms with E-state index >= 15 is 0 Å². The number of halogens is 1. The zero-order chi connectivity index (χ0) is 15.5. The molecule has 1 aromatic carbocycles. The minimum Gasteiger partial charge on any atom is -0.316 e. The SMILES string of the molecule is CCC1CCN(S(=O)(=O)c2ccc(CNC)c(Cl)c2)CC1. The standard InChI is InChI=1S/C15H23ClN2O2S/c1-3-12-6-8-18(9-7-12)21(19,20)14-5-4-13(11-17-2)15(16)10-14/h4-5,10,12,17H,3,6-9,11H2,1-2H3. The molecule has 0 spiro atoms. The van der Waals surface area contributed by atoms with E-state index in [-0.39, 0.29) is 0 Å². The molecule has 118 valence electrons. The van der Waals surface area contributed by atoms with Gasteiger partial charge in [0.25, 0.3) is 0 Å². The van der Waals surface area contributed by atoms with E-state index in [0.717, 1.165) is 24.8 Å². The van der Waals surface area contributed by atoms with Crippen molar-refractivity contribution in [2.24, 2.45) is 5.92 Å². The third-order valence-electron chi connectivity index (χ3n) is 4.18. The Kier molecular flexibility index (Phi) is 5.66. The number of sulfonamides is 1. The molecule has 0 saturated carbocycles. The molecule has 0 aliphatic carbocycles. The van der Waals surface area contributed by atoms with Gasteiger partial charge in [-0.1, -0.05) is 31.0 Å². The second kappa shape index (κ2) is 7.09. The van der Waals surface area contributed by atoms with Gasteiger partial charge in [0.05, 0.1) is 4.90 Å². The van der Waals surface area contributed by atoms with E-state index in [2.05, 4.69) is 12.2 Å². The number of benzene rings is 1. The van der Waals surface area contributed by atoms with Crippen LogP contribution in [-0.4, -0.2) is 32.9 Å². The second-order valence-electron chi connectivity index (χ2n) is 5.54. The van der Waals surface area contributed by atoms with E-state index in [4.69, 9.17) is 11.6 Å². The second-order valence-corrected chi connectivity index (χ2v) is 7.88. The van der Waals surface area contributed by atoms with E-state index < -0.39 is 10.0 Å². The Hall–Kier alpha value is -0.620. The van der Waals surface area contributed by atoms with Crippen molar-refractivity contribution in [1.82, 2.24) is 9.62 Å². The molecular formula is C15H23ClN2O2S. The van der Waals surface area contributed by atoms with Crippen LogP contribution >= 0.6 is 11.6 Å². The maximum absolute atomic E-state index is 12.7. The highest BCUT2D eigenvalue weighted by Crippen LogP contribution is 2.27. The average molecular weight is 331 g/mol. The van der Waals surface area contributed by atoms with E-state index in [0.29, 0.717) is 35.5 Å². The van der Waals surface area contributed by atoms with Gasteiger partial charge in [0.15, 0.2) is 0 Å². The van der Waals surface area contributed by atoms with Crippen LogP contribution in [0.15, 0.2) is 23.1 Å². The molecule has 21 heavy (non-hydrogen) atoms. The monoisotopic (exact) mass is 330 g/mol. The third-order valence-corrected chi connectivity index (χ3v) is 6.43. The van der Waals surface area contributed by atoms with Crippen LogP contribution in [0.5, 0.6) is 0 Å². The Balaban J connectivity index is 2.18. The van der Waals surface area contributed by atoms with Gasteiger partial charge in [0.2, 0.25) is 10.0 Å². The minimum absolute atomic E-state index is 0.294. The van der Waals surface area contributed by atoms with Crippen LogP contribution in [0, 0.1) is 5.92 Å². The van der Waals surface area contributed by atoms with Gasteiger partial charge in [0.1, 0.15) is 0 Å². The summed E-state index contributed by atoms with van der Waals surface area (Å²) in [5.74, 6) is 0.651. The predicted octanol–water partition coefficient (Wildman–Crippen LogP) is 2.87. The lowest BCUT2D eigenvalue weighted by molar-refractivity contribution is 0.269. The first-order chi connectivity index (χ1) is 9.98. The van der Waals surface area contributed by atoms with Crippen LogP contribution in [0.4, 0.5) is 0 Å². The van der Waals surface area contributed by atoms with Crippen molar-refractivity contribution < 1.29 is 8.42 Å². The summed E-state index contributed by atoms with van der Waals surface area (Å²) in [5.41, 5.74) is 0.905. The zero-order valence-electron chi connectivity index (χ0n) is 12.6. The van der Waals surface area contributed by atoms with Crippen LogP contribution in [0.3, 0.4) is 0 Å². The highest BCUT2D eigenvalue weighted by molar-refractivity contribution is 7.89. The van der Waals surface area contributed by atoms with Gasteiger partial charge in [-0.25, -0.2) is 8.42 Å². The predicted molar refractivity (Wildman–Crippen MR) is 86.0 cm³/mol. The van der Waals surface area contributed by atoms with Gasteiger partial charge in [-0.3, -0.25) is 0 Å². The van der Waals surface area contributed by atoms with E-state index in [1.807, 2.05) is 7.05 Å². The molecule has 0 radical (unpaired) electrons. The summed E-state index contributed by atoms with van der Waals surface area (Å²) in [4.78, 5) is 0.294. The Bertz CT molecular complexity index is 581. The lowest BCUT2D eigenvalue weighted by atomic mass is 9.96. The van der Waals surface area contributed by atoms with Gasteiger partial charge in [-0.05, 0) is 43.5 Å².